The van der Waals surface area contributed by atoms with E-state index < -0.39 is 0 Å². The monoisotopic (exact) mass is 312 g/mol. The second-order valence-electron chi connectivity index (χ2n) is 5.67. The number of benzene rings is 1. The van der Waals surface area contributed by atoms with Gasteiger partial charge in [0.2, 0.25) is 5.65 Å². The van der Waals surface area contributed by atoms with Gasteiger partial charge in [0, 0.05) is 50.7 Å². The normalized spacial score (nSPS) is 16.1. The fraction of sp³-hybridized carbons (Fsp3) is 0.312. The van der Waals surface area contributed by atoms with E-state index in [-0.39, 0.29) is 5.82 Å². The van der Waals surface area contributed by atoms with Gasteiger partial charge in [-0.1, -0.05) is 18.2 Å². The number of rotatable bonds is 3. The molecule has 0 spiro atoms. The molecule has 0 radical (unpaired) electrons. The molecule has 0 bridgehead atoms. The minimum absolute atomic E-state index is 0.134. The molecule has 1 aliphatic heterocycles. The Morgan fingerprint density at radius 3 is 2.74 bits per heavy atom. The minimum atomic E-state index is -0.134. The molecule has 6 nitrogen and oxygen atoms in total. The van der Waals surface area contributed by atoms with Gasteiger partial charge in [-0.25, -0.2) is 9.37 Å². The molecule has 2 aromatic heterocycles. The Hall–Kier alpha value is -2.54. The van der Waals surface area contributed by atoms with E-state index in [0.29, 0.717) is 6.54 Å². The van der Waals surface area contributed by atoms with Crippen molar-refractivity contribution in [3.8, 4) is 0 Å². The summed E-state index contributed by atoms with van der Waals surface area (Å²) in [6, 6.07) is 6.97. The molecule has 0 aliphatic carbocycles. The van der Waals surface area contributed by atoms with E-state index in [1.165, 1.54) is 6.07 Å². The molecule has 23 heavy (non-hydrogen) atoms. The second-order valence-corrected chi connectivity index (χ2v) is 5.67. The predicted molar refractivity (Wildman–Crippen MR) is 84.7 cm³/mol. The number of halogens is 1. The Morgan fingerprint density at radius 1 is 1.09 bits per heavy atom. The molecule has 1 aromatic carbocycles. The Morgan fingerprint density at radius 2 is 1.91 bits per heavy atom. The van der Waals surface area contributed by atoms with Crippen molar-refractivity contribution in [3.63, 3.8) is 0 Å². The molecule has 4 rings (SSSR count). The first-order valence-corrected chi connectivity index (χ1v) is 7.66. The predicted octanol–water partition coefficient (Wildman–Crippen LogP) is 1.59. The summed E-state index contributed by atoms with van der Waals surface area (Å²) in [6.45, 7) is 4.06. The standard InChI is InChI=1S/C16H17FN6/c17-14-4-2-1-3-13(14)11-21-7-9-22(10-8-21)15-16-20-19-12-23(16)6-5-18-15/h1-6,12H,7-11H2. The largest absolute Gasteiger partial charge is 0.351 e. The van der Waals surface area contributed by atoms with E-state index in [9.17, 15) is 4.39 Å². The highest BCUT2D eigenvalue weighted by atomic mass is 19.1. The number of nitrogens with zero attached hydrogens (tertiary/aromatic N) is 6. The van der Waals surface area contributed by atoms with E-state index in [1.54, 1.807) is 18.6 Å². The van der Waals surface area contributed by atoms with E-state index >= 15 is 0 Å². The lowest BCUT2D eigenvalue weighted by Crippen LogP contribution is -2.46. The van der Waals surface area contributed by atoms with E-state index in [1.807, 2.05) is 22.7 Å². The minimum Gasteiger partial charge on any atom is -0.351 e. The molecule has 0 amide bonds. The third-order valence-electron chi connectivity index (χ3n) is 4.22. The van der Waals surface area contributed by atoms with Gasteiger partial charge in [0.05, 0.1) is 0 Å². The molecule has 7 heteroatoms. The van der Waals surface area contributed by atoms with Crippen molar-refractivity contribution in [3.05, 3.63) is 54.4 Å². The molecule has 0 saturated carbocycles. The van der Waals surface area contributed by atoms with Crippen molar-refractivity contribution in [1.82, 2.24) is 24.5 Å². The van der Waals surface area contributed by atoms with Gasteiger partial charge in [-0.3, -0.25) is 9.30 Å². The summed E-state index contributed by atoms with van der Waals surface area (Å²) in [5, 5.41) is 8.07. The van der Waals surface area contributed by atoms with Gasteiger partial charge in [0.1, 0.15) is 12.1 Å². The summed E-state index contributed by atoms with van der Waals surface area (Å²) < 4.78 is 15.6. The van der Waals surface area contributed by atoms with Gasteiger partial charge in [-0.2, -0.15) is 0 Å². The molecule has 1 aliphatic rings. The quantitative estimate of drug-likeness (QED) is 0.735. The zero-order valence-electron chi connectivity index (χ0n) is 12.6. The lowest BCUT2D eigenvalue weighted by molar-refractivity contribution is 0.246. The Labute approximate surface area is 133 Å². The van der Waals surface area contributed by atoms with Crippen LogP contribution in [0.4, 0.5) is 10.2 Å². The molecule has 118 valence electrons. The van der Waals surface area contributed by atoms with Crippen molar-refractivity contribution in [2.75, 3.05) is 31.1 Å². The fourth-order valence-electron chi connectivity index (χ4n) is 2.95. The molecule has 3 aromatic rings. The number of hydrogen-bond donors (Lipinski definition) is 0. The van der Waals surface area contributed by atoms with Crippen LogP contribution in [0.25, 0.3) is 5.65 Å². The van der Waals surface area contributed by atoms with E-state index in [4.69, 9.17) is 0 Å². The van der Waals surface area contributed by atoms with Crippen molar-refractivity contribution >= 4 is 11.5 Å². The third kappa shape index (κ3) is 2.75. The first kappa shape index (κ1) is 14.1. The molecule has 0 N–H and O–H groups in total. The van der Waals surface area contributed by atoms with Crippen LogP contribution in [0.15, 0.2) is 43.0 Å². The summed E-state index contributed by atoms with van der Waals surface area (Å²) in [6.07, 6.45) is 5.28. The van der Waals surface area contributed by atoms with Crippen LogP contribution in [0.1, 0.15) is 5.56 Å². The van der Waals surface area contributed by atoms with Gasteiger partial charge in [-0.05, 0) is 6.07 Å². The maximum Gasteiger partial charge on any atom is 0.203 e. The van der Waals surface area contributed by atoms with Gasteiger partial charge >= 0.3 is 0 Å². The molecule has 0 atom stereocenters. The number of anilines is 1. The molecule has 1 saturated heterocycles. The zero-order chi connectivity index (χ0) is 15.6. The van der Waals surface area contributed by atoms with Crippen LogP contribution in [0.2, 0.25) is 0 Å². The van der Waals surface area contributed by atoms with Crippen LogP contribution >= 0.6 is 0 Å². The molecule has 3 heterocycles. The average molecular weight is 312 g/mol. The highest BCUT2D eigenvalue weighted by molar-refractivity contribution is 5.63. The van der Waals surface area contributed by atoms with Crippen LogP contribution in [0.3, 0.4) is 0 Å². The Bertz CT molecular complexity index is 809. The summed E-state index contributed by atoms with van der Waals surface area (Å²) in [5.41, 5.74) is 1.52. The topological polar surface area (TPSA) is 49.6 Å². The SMILES string of the molecule is Fc1ccccc1CN1CCN(c2nccn3cnnc23)CC1. The molecular formula is C16H17FN6. The highest BCUT2D eigenvalue weighted by Gasteiger charge is 2.21. The van der Waals surface area contributed by atoms with Crippen LogP contribution in [0, 0.1) is 5.82 Å². The number of aromatic nitrogens is 4. The average Bonchev–Trinajstić information content (AvgIpc) is 3.06. The lowest BCUT2D eigenvalue weighted by Gasteiger charge is -2.35. The zero-order valence-corrected chi connectivity index (χ0v) is 12.6. The van der Waals surface area contributed by atoms with Crippen molar-refractivity contribution in [2.24, 2.45) is 0 Å². The van der Waals surface area contributed by atoms with Gasteiger partial charge in [-0.15, -0.1) is 10.2 Å². The maximum atomic E-state index is 13.8. The summed E-state index contributed by atoms with van der Waals surface area (Å²) in [5.74, 6) is 0.723. The van der Waals surface area contributed by atoms with Crippen LogP contribution in [-0.2, 0) is 6.54 Å². The molecule has 0 unspecified atom stereocenters. The first-order chi connectivity index (χ1) is 11.3. The van der Waals surface area contributed by atoms with Crippen molar-refractivity contribution in [2.45, 2.75) is 6.54 Å². The Balaban J connectivity index is 1.45. The van der Waals surface area contributed by atoms with E-state index in [0.717, 1.165) is 43.2 Å². The third-order valence-corrected chi connectivity index (χ3v) is 4.22. The highest BCUT2D eigenvalue weighted by Crippen LogP contribution is 2.19. The van der Waals surface area contributed by atoms with Crippen LogP contribution in [0.5, 0.6) is 0 Å². The lowest BCUT2D eigenvalue weighted by atomic mass is 10.2. The van der Waals surface area contributed by atoms with Gasteiger partial charge in [0.25, 0.3) is 0 Å². The Kier molecular flexibility index (Phi) is 3.63. The van der Waals surface area contributed by atoms with Crippen molar-refractivity contribution < 1.29 is 4.39 Å². The first-order valence-electron chi connectivity index (χ1n) is 7.66. The second kappa shape index (κ2) is 5.92. The summed E-state index contributed by atoms with van der Waals surface area (Å²) >= 11 is 0. The van der Waals surface area contributed by atoms with Crippen LogP contribution in [-0.4, -0.2) is 50.7 Å². The van der Waals surface area contributed by atoms with Gasteiger partial charge < -0.3 is 4.90 Å². The van der Waals surface area contributed by atoms with Crippen LogP contribution < -0.4 is 4.90 Å². The smallest absolute Gasteiger partial charge is 0.203 e. The number of hydrogen-bond acceptors (Lipinski definition) is 5. The molecular weight excluding hydrogens is 295 g/mol. The number of piperazine rings is 1. The van der Waals surface area contributed by atoms with Crippen molar-refractivity contribution in [1.29, 1.82) is 0 Å². The summed E-state index contributed by atoms with van der Waals surface area (Å²) in [7, 11) is 0. The summed E-state index contributed by atoms with van der Waals surface area (Å²) in [4.78, 5) is 8.92. The maximum absolute atomic E-state index is 13.8. The van der Waals surface area contributed by atoms with E-state index in [2.05, 4.69) is 25.0 Å². The fourth-order valence-corrected chi connectivity index (χ4v) is 2.95. The number of fused-ring (bicyclic) bond motifs is 1. The molecule has 1 fully saturated rings. The van der Waals surface area contributed by atoms with Gasteiger partial charge in [0.15, 0.2) is 5.82 Å².